The SMILES string of the molecule is O=C(O)c1cnn(-c2ccc(F)c(Br)n2)c1C(F)(F)F. The lowest BCUT2D eigenvalue weighted by molar-refractivity contribution is -0.143. The second-order valence-corrected chi connectivity index (χ2v) is 4.31. The smallest absolute Gasteiger partial charge is 0.434 e. The molecule has 5 nitrogen and oxygen atoms in total. The molecule has 10 heteroatoms. The van der Waals surface area contributed by atoms with Crippen LogP contribution in [0.1, 0.15) is 16.1 Å². The number of carboxylic acid groups (broad SMARTS) is 1. The number of aromatic carboxylic acids is 1. The molecular formula is C10H4BrF4N3O2. The Morgan fingerprint density at radius 2 is 2.00 bits per heavy atom. The molecule has 2 heterocycles. The van der Waals surface area contributed by atoms with Crippen LogP contribution in [0.2, 0.25) is 0 Å². The third-order valence-corrected chi connectivity index (χ3v) is 2.83. The van der Waals surface area contributed by atoms with Crippen molar-refractivity contribution in [2.75, 3.05) is 0 Å². The molecule has 0 saturated heterocycles. The normalized spacial score (nSPS) is 11.7. The minimum atomic E-state index is -4.95. The van der Waals surface area contributed by atoms with E-state index in [2.05, 4.69) is 26.0 Å². The second kappa shape index (κ2) is 4.85. The average Bonchev–Trinajstić information content (AvgIpc) is 2.77. The van der Waals surface area contributed by atoms with E-state index in [1.54, 1.807) is 0 Å². The standard InChI is InChI=1S/C10H4BrF4N3O2/c11-8-5(12)1-2-6(17-8)18-7(10(13,14)15)4(3-16-18)9(19)20/h1-3H,(H,19,20). The Balaban J connectivity index is 2.68. The van der Waals surface area contributed by atoms with Crippen LogP contribution in [-0.4, -0.2) is 25.8 Å². The van der Waals surface area contributed by atoms with Crippen molar-refractivity contribution in [2.24, 2.45) is 0 Å². The van der Waals surface area contributed by atoms with Crippen molar-refractivity contribution in [3.8, 4) is 5.82 Å². The number of halogens is 5. The summed E-state index contributed by atoms with van der Waals surface area (Å²) in [4.78, 5) is 14.3. The van der Waals surface area contributed by atoms with Crippen molar-refractivity contribution in [2.45, 2.75) is 6.18 Å². The monoisotopic (exact) mass is 353 g/mol. The Bertz CT molecular complexity index is 684. The highest BCUT2D eigenvalue weighted by Crippen LogP contribution is 2.33. The minimum absolute atomic E-state index is 0.299. The molecule has 2 aromatic heterocycles. The summed E-state index contributed by atoms with van der Waals surface area (Å²) in [6.45, 7) is 0. The van der Waals surface area contributed by atoms with Gasteiger partial charge in [-0.15, -0.1) is 0 Å². The first-order valence-electron chi connectivity index (χ1n) is 4.92. The summed E-state index contributed by atoms with van der Waals surface area (Å²) >= 11 is 2.73. The van der Waals surface area contributed by atoms with Crippen LogP contribution >= 0.6 is 15.9 Å². The van der Waals surface area contributed by atoms with Crippen molar-refractivity contribution in [1.29, 1.82) is 0 Å². The largest absolute Gasteiger partial charge is 0.478 e. The fourth-order valence-electron chi connectivity index (χ4n) is 1.48. The third kappa shape index (κ3) is 2.50. The lowest BCUT2D eigenvalue weighted by atomic mass is 10.2. The zero-order valence-corrected chi connectivity index (χ0v) is 10.9. The Labute approximate surface area is 117 Å². The van der Waals surface area contributed by atoms with Gasteiger partial charge < -0.3 is 5.11 Å². The Morgan fingerprint density at radius 3 is 2.50 bits per heavy atom. The molecule has 106 valence electrons. The summed E-state index contributed by atoms with van der Waals surface area (Å²) in [7, 11) is 0. The van der Waals surface area contributed by atoms with E-state index in [4.69, 9.17) is 5.11 Å². The molecule has 2 aromatic rings. The van der Waals surface area contributed by atoms with E-state index in [0.29, 0.717) is 10.9 Å². The van der Waals surface area contributed by atoms with Crippen molar-refractivity contribution < 1.29 is 27.5 Å². The lowest BCUT2D eigenvalue weighted by Crippen LogP contribution is -2.18. The van der Waals surface area contributed by atoms with Gasteiger partial charge in [0, 0.05) is 0 Å². The van der Waals surface area contributed by atoms with Crippen LogP contribution in [-0.2, 0) is 6.18 Å². The maximum Gasteiger partial charge on any atom is 0.434 e. The summed E-state index contributed by atoms with van der Waals surface area (Å²) in [5, 5.41) is 12.1. The quantitative estimate of drug-likeness (QED) is 0.665. The van der Waals surface area contributed by atoms with Crippen LogP contribution in [0, 0.1) is 5.82 Å². The highest BCUT2D eigenvalue weighted by Gasteiger charge is 2.41. The molecule has 0 unspecified atom stereocenters. The van der Waals surface area contributed by atoms with E-state index >= 15 is 0 Å². The maximum atomic E-state index is 13.0. The molecule has 0 amide bonds. The predicted molar refractivity (Wildman–Crippen MR) is 61.0 cm³/mol. The number of carbonyl (C=O) groups is 1. The van der Waals surface area contributed by atoms with Gasteiger partial charge in [0.2, 0.25) is 0 Å². The lowest BCUT2D eigenvalue weighted by Gasteiger charge is -2.11. The molecule has 0 spiro atoms. The number of rotatable bonds is 2. The second-order valence-electron chi connectivity index (χ2n) is 3.56. The minimum Gasteiger partial charge on any atom is -0.478 e. The molecule has 0 aliphatic heterocycles. The highest BCUT2D eigenvalue weighted by molar-refractivity contribution is 9.10. The average molecular weight is 354 g/mol. The Kier molecular flexibility index (Phi) is 3.50. The number of nitrogens with zero attached hydrogens (tertiary/aromatic N) is 3. The first-order valence-corrected chi connectivity index (χ1v) is 5.72. The maximum absolute atomic E-state index is 13.0. The Hall–Kier alpha value is -1.97. The van der Waals surface area contributed by atoms with E-state index in [1.807, 2.05) is 0 Å². The van der Waals surface area contributed by atoms with Crippen LogP contribution in [0.4, 0.5) is 17.6 Å². The fraction of sp³-hybridized carbons (Fsp3) is 0.100. The van der Waals surface area contributed by atoms with Gasteiger partial charge >= 0.3 is 12.1 Å². The van der Waals surface area contributed by atoms with Crippen molar-refractivity contribution in [1.82, 2.24) is 14.8 Å². The first kappa shape index (κ1) is 14.4. The van der Waals surface area contributed by atoms with Gasteiger partial charge in [0.25, 0.3) is 0 Å². The van der Waals surface area contributed by atoms with Gasteiger partial charge in [-0.1, -0.05) is 0 Å². The number of hydrogen-bond acceptors (Lipinski definition) is 3. The van der Waals surface area contributed by atoms with Crippen LogP contribution in [0.3, 0.4) is 0 Å². The van der Waals surface area contributed by atoms with Gasteiger partial charge in [-0.3, -0.25) is 0 Å². The van der Waals surface area contributed by atoms with Crippen LogP contribution in [0.15, 0.2) is 22.9 Å². The molecule has 0 aliphatic carbocycles. The number of alkyl halides is 3. The molecule has 0 radical (unpaired) electrons. The molecule has 2 rings (SSSR count). The van der Waals surface area contributed by atoms with E-state index in [9.17, 15) is 22.4 Å². The molecule has 0 aromatic carbocycles. The first-order chi connectivity index (χ1) is 9.21. The Morgan fingerprint density at radius 1 is 1.35 bits per heavy atom. The highest BCUT2D eigenvalue weighted by atomic mass is 79.9. The molecule has 0 fully saturated rings. The zero-order chi connectivity index (χ0) is 15.1. The van der Waals surface area contributed by atoms with Gasteiger partial charge in [-0.2, -0.15) is 18.3 Å². The van der Waals surface area contributed by atoms with E-state index < -0.39 is 29.2 Å². The molecule has 20 heavy (non-hydrogen) atoms. The zero-order valence-electron chi connectivity index (χ0n) is 9.32. The molecule has 0 bridgehead atoms. The summed E-state index contributed by atoms with van der Waals surface area (Å²) in [6.07, 6.45) is -4.39. The van der Waals surface area contributed by atoms with Crippen LogP contribution < -0.4 is 0 Å². The number of aromatic nitrogens is 3. The fourth-order valence-corrected chi connectivity index (χ4v) is 1.79. The topological polar surface area (TPSA) is 68.0 Å². The predicted octanol–water partition coefficient (Wildman–Crippen LogP) is 2.89. The number of pyridine rings is 1. The number of hydrogen-bond donors (Lipinski definition) is 1. The van der Waals surface area contributed by atoms with Gasteiger partial charge in [0.05, 0.1) is 6.20 Å². The summed E-state index contributed by atoms with van der Waals surface area (Å²) in [5.41, 5.74) is -2.50. The molecule has 0 atom stereocenters. The molecular weight excluding hydrogens is 350 g/mol. The van der Waals surface area contributed by atoms with Crippen LogP contribution in [0.25, 0.3) is 5.82 Å². The van der Waals surface area contributed by atoms with Crippen molar-refractivity contribution in [3.63, 3.8) is 0 Å². The van der Waals surface area contributed by atoms with Gasteiger partial charge in [-0.05, 0) is 28.1 Å². The third-order valence-electron chi connectivity index (χ3n) is 2.27. The van der Waals surface area contributed by atoms with E-state index in [1.165, 1.54) is 0 Å². The molecule has 0 saturated carbocycles. The van der Waals surface area contributed by atoms with Crippen molar-refractivity contribution >= 4 is 21.9 Å². The summed E-state index contributed by atoms with van der Waals surface area (Å²) in [6, 6.07) is 1.84. The summed E-state index contributed by atoms with van der Waals surface area (Å²) in [5.74, 6) is -2.91. The van der Waals surface area contributed by atoms with E-state index in [0.717, 1.165) is 12.1 Å². The number of carboxylic acids is 1. The molecule has 0 aliphatic rings. The van der Waals surface area contributed by atoms with Gasteiger partial charge in [0.1, 0.15) is 10.2 Å². The van der Waals surface area contributed by atoms with Gasteiger partial charge in [-0.25, -0.2) is 18.9 Å². The summed E-state index contributed by atoms with van der Waals surface area (Å²) < 4.78 is 51.8. The van der Waals surface area contributed by atoms with Crippen LogP contribution in [0.5, 0.6) is 0 Å². The van der Waals surface area contributed by atoms with Gasteiger partial charge in [0.15, 0.2) is 17.3 Å². The van der Waals surface area contributed by atoms with Crippen molar-refractivity contribution in [3.05, 3.63) is 40.0 Å². The van der Waals surface area contributed by atoms with E-state index in [-0.39, 0.29) is 10.4 Å². The molecule has 1 N–H and O–H groups in total.